The zero-order chi connectivity index (χ0) is 19.3. The Morgan fingerprint density at radius 2 is 1.77 bits per heavy atom. The molecule has 2 aromatic rings. The summed E-state index contributed by atoms with van der Waals surface area (Å²) in [5.41, 5.74) is 1.71. The molecule has 1 N–H and O–H groups in total. The third-order valence-corrected chi connectivity index (χ3v) is 6.73. The van der Waals surface area contributed by atoms with Crippen LogP contribution in [-0.4, -0.2) is 31.7 Å². The van der Waals surface area contributed by atoms with Crippen molar-refractivity contribution in [3.05, 3.63) is 64.2 Å². The summed E-state index contributed by atoms with van der Waals surface area (Å²) in [5, 5.41) is 3.35. The minimum atomic E-state index is -3.63. The highest BCUT2D eigenvalue weighted by Gasteiger charge is 2.24. The molecule has 0 saturated carbocycles. The van der Waals surface area contributed by atoms with Crippen LogP contribution in [0.1, 0.15) is 35.3 Å². The van der Waals surface area contributed by atoms with Crippen molar-refractivity contribution < 1.29 is 13.2 Å². The molecule has 0 saturated heterocycles. The summed E-state index contributed by atoms with van der Waals surface area (Å²) < 4.78 is 27.0. The summed E-state index contributed by atoms with van der Waals surface area (Å²) in [4.78, 5) is 12.6. The van der Waals surface area contributed by atoms with Gasteiger partial charge in [0.15, 0.2) is 0 Å². The Morgan fingerprint density at radius 3 is 2.38 bits per heavy atom. The fraction of sp³-hybridized carbons (Fsp3) is 0.316. The van der Waals surface area contributed by atoms with Crippen LogP contribution in [0.25, 0.3) is 0 Å². The number of aryl methyl sites for hydroxylation is 1. The zero-order valence-corrected chi connectivity index (χ0v) is 16.7. The first-order chi connectivity index (χ1) is 12.3. The topological polar surface area (TPSA) is 66.5 Å². The molecule has 0 aliphatic carbocycles. The zero-order valence-electron chi connectivity index (χ0n) is 15.1. The quantitative estimate of drug-likeness (QED) is 0.780. The van der Waals surface area contributed by atoms with Gasteiger partial charge in [-0.25, -0.2) is 8.42 Å². The average molecular weight is 395 g/mol. The van der Waals surface area contributed by atoms with E-state index >= 15 is 0 Å². The highest BCUT2D eigenvalue weighted by Crippen LogP contribution is 2.21. The van der Waals surface area contributed by atoms with Gasteiger partial charge < -0.3 is 5.32 Å². The van der Waals surface area contributed by atoms with Gasteiger partial charge in [-0.2, -0.15) is 4.31 Å². The van der Waals surface area contributed by atoms with Gasteiger partial charge in [0.05, 0.1) is 4.90 Å². The smallest absolute Gasteiger partial charge is 0.251 e. The van der Waals surface area contributed by atoms with E-state index in [4.69, 9.17) is 11.6 Å². The highest BCUT2D eigenvalue weighted by atomic mass is 35.5. The molecule has 0 radical (unpaired) electrons. The lowest BCUT2D eigenvalue weighted by Crippen LogP contribution is -2.31. The number of hydrogen-bond acceptors (Lipinski definition) is 3. The number of halogens is 1. The first-order valence-electron chi connectivity index (χ1n) is 8.43. The number of hydrogen-bond donors (Lipinski definition) is 1. The van der Waals surface area contributed by atoms with Crippen LogP contribution in [0, 0.1) is 6.92 Å². The van der Waals surface area contributed by atoms with Crippen molar-refractivity contribution in [2.75, 3.05) is 13.1 Å². The summed E-state index contributed by atoms with van der Waals surface area (Å²) in [6.45, 7) is 6.32. The van der Waals surface area contributed by atoms with E-state index in [1.807, 2.05) is 18.2 Å². The number of rotatable bonds is 7. The third kappa shape index (κ3) is 4.44. The van der Waals surface area contributed by atoms with Crippen LogP contribution < -0.4 is 5.32 Å². The molecular formula is C19H23ClN2O3S. The number of sulfonamides is 1. The second-order valence-electron chi connectivity index (χ2n) is 5.84. The maximum absolute atomic E-state index is 12.8. The Balaban J connectivity index is 2.26. The number of nitrogens with one attached hydrogen (secondary N) is 1. The average Bonchev–Trinajstić information content (AvgIpc) is 2.61. The maximum Gasteiger partial charge on any atom is 0.251 e. The largest absolute Gasteiger partial charge is 0.348 e. The van der Waals surface area contributed by atoms with Crippen LogP contribution in [0.4, 0.5) is 0 Å². The molecule has 140 valence electrons. The molecule has 0 aromatic heterocycles. The summed E-state index contributed by atoms with van der Waals surface area (Å²) in [7, 11) is -3.63. The van der Waals surface area contributed by atoms with E-state index in [0.717, 1.165) is 5.56 Å². The first-order valence-corrected chi connectivity index (χ1v) is 10.3. The Morgan fingerprint density at radius 1 is 1.12 bits per heavy atom. The Bertz CT molecular complexity index is 893. The predicted molar refractivity (Wildman–Crippen MR) is 104 cm³/mol. The van der Waals surface area contributed by atoms with E-state index in [2.05, 4.69) is 5.32 Å². The molecule has 0 aliphatic heterocycles. The van der Waals surface area contributed by atoms with E-state index in [1.165, 1.54) is 10.4 Å². The van der Waals surface area contributed by atoms with Crippen molar-refractivity contribution in [2.45, 2.75) is 32.2 Å². The minimum absolute atomic E-state index is 0.159. The Labute approximate surface area is 160 Å². The summed E-state index contributed by atoms with van der Waals surface area (Å²) in [6, 6.07) is 12.0. The molecule has 0 spiro atoms. The lowest BCUT2D eigenvalue weighted by Gasteiger charge is -2.20. The van der Waals surface area contributed by atoms with Crippen molar-refractivity contribution in [2.24, 2.45) is 0 Å². The van der Waals surface area contributed by atoms with Gasteiger partial charge >= 0.3 is 0 Å². The summed E-state index contributed by atoms with van der Waals surface area (Å²) in [5.74, 6) is -0.346. The van der Waals surface area contributed by atoms with E-state index in [0.29, 0.717) is 29.2 Å². The molecule has 0 fully saturated rings. The molecular weight excluding hydrogens is 372 g/mol. The highest BCUT2D eigenvalue weighted by molar-refractivity contribution is 7.89. The van der Waals surface area contributed by atoms with Crippen LogP contribution in [0.2, 0.25) is 5.02 Å². The van der Waals surface area contributed by atoms with Crippen LogP contribution >= 0.6 is 11.6 Å². The lowest BCUT2D eigenvalue weighted by molar-refractivity contribution is 0.0950. The Kier molecular flexibility index (Phi) is 6.81. The lowest BCUT2D eigenvalue weighted by atomic mass is 10.1. The van der Waals surface area contributed by atoms with Crippen molar-refractivity contribution in [1.82, 2.24) is 9.62 Å². The van der Waals surface area contributed by atoms with Crippen molar-refractivity contribution in [3.8, 4) is 0 Å². The predicted octanol–water partition coefficient (Wildman–Crippen LogP) is 3.61. The molecule has 1 amide bonds. The minimum Gasteiger partial charge on any atom is -0.348 e. The molecule has 5 nitrogen and oxygen atoms in total. The summed E-state index contributed by atoms with van der Waals surface area (Å²) in [6.07, 6.45) is 0. The fourth-order valence-electron chi connectivity index (χ4n) is 2.64. The van der Waals surface area contributed by atoms with Gasteiger partial charge in [0.1, 0.15) is 0 Å². The van der Waals surface area contributed by atoms with Gasteiger partial charge in [-0.3, -0.25) is 4.79 Å². The molecule has 2 rings (SSSR count). The van der Waals surface area contributed by atoms with Crippen LogP contribution in [-0.2, 0) is 16.6 Å². The molecule has 2 aromatic carbocycles. The first kappa shape index (κ1) is 20.4. The second-order valence-corrected chi connectivity index (χ2v) is 8.16. The SMILES string of the molecule is CCN(CC)S(=O)(=O)c1cc(C(=O)NCc2ccccc2Cl)ccc1C. The summed E-state index contributed by atoms with van der Waals surface area (Å²) >= 11 is 6.09. The molecule has 26 heavy (non-hydrogen) atoms. The number of carbonyl (C=O) groups excluding carboxylic acids is 1. The second kappa shape index (κ2) is 8.66. The van der Waals surface area contributed by atoms with Crippen LogP contribution in [0.3, 0.4) is 0 Å². The van der Waals surface area contributed by atoms with Crippen LogP contribution in [0.5, 0.6) is 0 Å². The molecule has 0 atom stereocenters. The normalized spacial score (nSPS) is 11.6. The van der Waals surface area contributed by atoms with E-state index < -0.39 is 10.0 Å². The molecule has 7 heteroatoms. The number of amides is 1. The van der Waals surface area contributed by atoms with E-state index in [9.17, 15) is 13.2 Å². The fourth-order valence-corrected chi connectivity index (χ4v) is 4.55. The van der Waals surface area contributed by atoms with E-state index in [1.54, 1.807) is 39.0 Å². The molecule has 0 bridgehead atoms. The number of carbonyl (C=O) groups is 1. The standard InChI is InChI=1S/C19H23ClN2O3S/c1-4-22(5-2)26(24,25)18-12-15(11-10-14(18)3)19(23)21-13-16-8-6-7-9-17(16)20/h6-12H,4-5,13H2,1-3H3,(H,21,23). The van der Waals surface area contributed by atoms with Gasteiger partial charge in [0, 0.05) is 30.2 Å². The molecule has 0 heterocycles. The van der Waals surface area contributed by atoms with Crippen molar-refractivity contribution in [1.29, 1.82) is 0 Å². The van der Waals surface area contributed by atoms with E-state index in [-0.39, 0.29) is 17.3 Å². The molecule has 0 aliphatic rings. The van der Waals surface area contributed by atoms with Crippen molar-refractivity contribution >= 4 is 27.5 Å². The maximum atomic E-state index is 12.8. The monoisotopic (exact) mass is 394 g/mol. The van der Waals surface area contributed by atoms with Crippen molar-refractivity contribution in [3.63, 3.8) is 0 Å². The van der Waals surface area contributed by atoms with Crippen LogP contribution in [0.15, 0.2) is 47.4 Å². The Hall–Kier alpha value is -1.89. The van der Waals surface area contributed by atoms with Gasteiger partial charge in [-0.05, 0) is 36.2 Å². The van der Waals surface area contributed by atoms with Gasteiger partial charge in [-0.1, -0.05) is 49.7 Å². The van der Waals surface area contributed by atoms with Gasteiger partial charge in [0.25, 0.3) is 5.91 Å². The van der Waals surface area contributed by atoms with Gasteiger partial charge in [0.2, 0.25) is 10.0 Å². The van der Waals surface area contributed by atoms with Gasteiger partial charge in [-0.15, -0.1) is 0 Å². The number of nitrogens with zero attached hydrogens (tertiary/aromatic N) is 1. The molecule has 0 unspecified atom stereocenters. The third-order valence-electron chi connectivity index (χ3n) is 4.17. The number of benzene rings is 2.